The molecule has 0 fully saturated rings. The van der Waals surface area contributed by atoms with Crippen LogP contribution in [0.1, 0.15) is 10.4 Å². The molecule has 0 aliphatic carbocycles. The fraction of sp³-hybridized carbons (Fsp3) is 0.400. The summed E-state index contributed by atoms with van der Waals surface area (Å²) in [7, 11) is -0.471. The van der Waals surface area contributed by atoms with Crippen LogP contribution < -0.4 is 11.1 Å². The maximum Gasteiger partial charge on any atom is 0.252 e. The lowest BCUT2D eigenvalue weighted by atomic mass is 10.2. The monoisotopic (exact) mass is 306 g/mol. The molecule has 0 aliphatic rings. The summed E-state index contributed by atoms with van der Waals surface area (Å²) in [5, 5.41) is 2.65. The maximum atomic E-state index is 11.7. The first-order chi connectivity index (χ1) is 8.74. The number of carbonyl (C=O) groups excluding carboxylic acids is 1. The van der Waals surface area contributed by atoms with Gasteiger partial charge in [-0.3, -0.25) is 4.79 Å². The summed E-state index contributed by atoms with van der Waals surface area (Å²) in [5.74, 6) is -0.501. The number of aromatic nitrogens is 1. The number of pyridine rings is 1. The van der Waals surface area contributed by atoms with E-state index in [2.05, 4.69) is 10.3 Å². The van der Waals surface area contributed by atoms with Gasteiger partial charge in [-0.2, -0.15) is 0 Å². The van der Waals surface area contributed by atoms with Gasteiger partial charge in [0.2, 0.25) is 10.0 Å². The van der Waals surface area contributed by atoms with Gasteiger partial charge < -0.3 is 11.1 Å². The van der Waals surface area contributed by atoms with Crippen LogP contribution in [0.25, 0.3) is 0 Å². The highest BCUT2D eigenvalue weighted by molar-refractivity contribution is 7.89. The summed E-state index contributed by atoms with van der Waals surface area (Å²) in [6, 6.07) is 1.37. The number of hydrogen-bond donors (Lipinski definition) is 2. The number of hydrogen-bond acceptors (Lipinski definition) is 5. The van der Waals surface area contributed by atoms with E-state index in [1.165, 1.54) is 26.4 Å². The average Bonchev–Trinajstić information content (AvgIpc) is 2.32. The van der Waals surface area contributed by atoms with E-state index < -0.39 is 15.9 Å². The summed E-state index contributed by atoms with van der Waals surface area (Å²) < 4.78 is 24.0. The third-order valence-electron chi connectivity index (χ3n) is 2.33. The predicted octanol–water partition coefficient (Wildman–Crippen LogP) is -0.0616. The van der Waals surface area contributed by atoms with Crippen molar-refractivity contribution < 1.29 is 13.2 Å². The molecular weight excluding hydrogens is 292 g/mol. The lowest BCUT2D eigenvalue weighted by Crippen LogP contribution is -2.33. The fourth-order valence-corrected chi connectivity index (χ4v) is 2.04. The van der Waals surface area contributed by atoms with Crippen molar-refractivity contribution in [1.29, 1.82) is 0 Å². The number of nitrogen functional groups attached to an aromatic ring is 1. The Hall–Kier alpha value is -1.38. The Bertz CT molecular complexity index is 574. The van der Waals surface area contributed by atoms with Crippen molar-refractivity contribution in [3.05, 3.63) is 22.8 Å². The van der Waals surface area contributed by atoms with Gasteiger partial charge in [-0.25, -0.2) is 17.7 Å². The molecule has 3 N–H and O–H groups in total. The number of nitrogens with two attached hydrogens (primary N) is 1. The number of carbonyl (C=O) groups is 1. The van der Waals surface area contributed by atoms with Crippen molar-refractivity contribution in [3.63, 3.8) is 0 Å². The van der Waals surface area contributed by atoms with Crippen LogP contribution in [0.2, 0.25) is 5.02 Å². The number of sulfonamides is 1. The topological polar surface area (TPSA) is 105 Å². The zero-order chi connectivity index (χ0) is 14.6. The average molecular weight is 307 g/mol. The second-order valence-corrected chi connectivity index (χ2v) is 6.65. The van der Waals surface area contributed by atoms with Crippen molar-refractivity contribution in [2.45, 2.75) is 0 Å². The van der Waals surface area contributed by atoms with Crippen LogP contribution in [0.4, 0.5) is 5.82 Å². The Kier molecular flexibility index (Phi) is 5.10. The molecule has 0 spiro atoms. The second kappa shape index (κ2) is 6.18. The van der Waals surface area contributed by atoms with Crippen LogP contribution in [0.5, 0.6) is 0 Å². The molecule has 19 heavy (non-hydrogen) atoms. The first-order valence-corrected chi connectivity index (χ1v) is 7.32. The third kappa shape index (κ3) is 4.34. The van der Waals surface area contributed by atoms with Gasteiger partial charge in [0.25, 0.3) is 5.91 Å². The summed E-state index contributed by atoms with van der Waals surface area (Å²) in [6.07, 6.45) is 1.27. The Balaban J connectivity index is 2.59. The smallest absolute Gasteiger partial charge is 0.252 e. The van der Waals surface area contributed by atoms with Gasteiger partial charge in [0.1, 0.15) is 5.82 Å². The maximum absolute atomic E-state index is 11.7. The second-order valence-electron chi connectivity index (χ2n) is 3.95. The number of nitrogens with zero attached hydrogens (tertiary/aromatic N) is 2. The van der Waals surface area contributed by atoms with E-state index >= 15 is 0 Å². The minimum Gasteiger partial charge on any atom is -0.382 e. The Labute approximate surface area is 116 Å². The minimum absolute atomic E-state index is 0.00133. The largest absolute Gasteiger partial charge is 0.382 e. The molecule has 1 aromatic rings. The molecule has 1 heterocycles. The number of anilines is 1. The lowest BCUT2D eigenvalue weighted by molar-refractivity contribution is 0.0955. The Morgan fingerprint density at radius 2 is 2.16 bits per heavy atom. The van der Waals surface area contributed by atoms with Crippen LogP contribution in [0.3, 0.4) is 0 Å². The van der Waals surface area contributed by atoms with Crippen molar-refractivity contribution >= 4 is 33.3 Å². The van der Waals surface area contributed by atoms with Crippen molar-refractivity contribution in [1.82, 2.24) is 14.6 Å². The summed E-state index contributed by atoms with van der Waals surface area (Å²) >= 11 is 5.74. The summed E-state index contributed by atoms with van der Waals surface area (Å²) in [5.41, 5.74) is 5.64. The van der Waals surface area contributed by atoms with Crippen LogP contribution >= 0.6 is 11.6 Å². The molecule has 1 aromatic heterocycles. The molecule has 106 valence electrons. The van der Waals surface area contributed by atoms with Gasteiger partial charge in [-0.15, -0.1) is 0 Å². The van der Waals surface area contributed by atoms with E-state index in [0.717, 1.165) is 4.31 Å². The lowest BCUT2D eigenvalue weighted by Gasteiger charge is -2.11. The normalized spacial score (nSPS) is 11.6. The van der Waals surface area contributed by atoms with Crippen molar-refractivity contribution in [2.75, 3.05) is 32.1 Å². The molecule has 9 heteroatoms. The standard InChI is InChI=1S/C10H15ClN4O3S/c1-15(2)19(17,18)4-3-13-10(16)7-5-8(11)9(12)14-6-7/h5-6H,3-4H2,1-2H3,(H2,12,14)(H,13,16). The number of amides is 1. The zero-order valence-electron chi connectivity index (χ0n) is 10.6. The van der Waals surface area contributed by atoms with Crippen LogP contribution in [0, 0.1) is 0 Å². The van der Waals surface area contributed by atoms with E-state index in [1.807, 2.05) is 0 Å². The van der Waals surface area contributed by atoms with Gasteiger partial charge >= 0.3 is 0 Å². The van der Waals surface area contributed by atoms with E-state index in [9.17, 15) is 13.2 Å². The van der Waals surface area contributed by atoms with Gasteiger partial charge in [0.15, 0.2) is 0 Å². The fourth-order valence-electron chi connectivity index (χ4n) is 1.15. The quantitative estimate of drug-likeness (QED) is 0.792. The molecule has 1 rings (SSSR count). The van der Waals surface area contributed by atoms with Crippen LogP contribution in [-0.4, -0.2) is 50.0 Å². The molecule has 7 nitrogen and oxygen atoms in total. The molecule has 0 aromatic carbocycles. The molecule has 0 bridgehead atoms. The predicted molar refractivity (Wildman–Crippen MR) is 73.5 cm³/mol. The highest BCUT2D eigenvalue weighted by Gasteiger charge is 2.14. The third-order valence-corrected chi connectivity index (χ3v) is 4.47. The minimum atomic E-state index is -3.33. The molecule has 0 unspecified atom stereocenters. The number of halogens is 1. The number of nitrogens with one attached hydrogen (secondary N) is 1. The highest BCUT2D eigenvalue weighted by atomic mass is 35.5. The van der Waals surface area contributed by atoms with Crippen molar-refractivity contribution in [2.24, 2.45) is 0 Å². The first-order valence-electron chi connectivity index (χ1n) is 5.33. The Morgan fingerprint density at radius 1 is 1.53 bits per heavy atom. The molecule has 0 atom stereocenters. The van der Waals surface area contributed by atoms with E-state index in [1.54, 1.807) is 0 Å². The molecule has 0 saturated heterocycles. The summed E-state index contributed by atoms with van der Waals surface area (Å²) in [6.45, 7) is 0.00133. The van der Waals surface area contributed by atoms with Gasteiger partial charge in [-0.1, -0.05) is 11.6 Å². The Morgan fingerprint density at radius 3 is 2.68 bits per heavy atom. The van der Waals surface area contributed by atoms with Crippen LogP contribution in [0.15, 0.2) is 12.3 Å². The van der Waals surface area contributed by atoms with Crippen molar-refractivity contribution in [3.8, 4) is 0 Å². The van der Waals surface area contributed by atoms with E-state index in [-0.39, 0.29) is 28.7 Å². The molecule has 0 aliphatic heterocycles. The van der Waals surface area contributed by atoms with Crippen LogP contribution in [-0.2, 0) is 10.0 Å². The molecular formula is C10H15ClN4O3S. The van der Waals surface area contributed by atoms with E-state index in [4.69, 9.17) is 17.3 Å². The SMILES string of the molecule is CN(C)S(=O)(=O)CCNC(=O)c1cnc(N)c(Cl)c1. The number of rotatable bonds is 5. The molecule has 1 amide bonds. The summed E-state index contributed by atoms with van der Waals surface area (Å²) in [4.78, 5) is 15.4. The molecule has 0 saturated carbocycles. The van der Waals surface area contributed by atoms with E-state index in [0.29, 0.717) is 0 Å². The van der Waals surface area contributed by atoms with Gasteiger partial charge in [0, 0.05) is 26.8 Å². The molecule has 0 radical (unpaired) electrons. The highest BCUT2D eigenvalue weighted by Crippen LogP contribution is 2.16. The van der Waals surface area contributed by atoms with Gasteiger partial charge in [0.05, 0.1) is 16.3 Å². The first kappa shape index (κ1) is 15.7. The zero-order valence-corrected chi connectivity index (χ0v) is 12.1. The van der Waals surface area contributed by atoms with Gasteiger partial charge in [-0.05, 0) is 6.07 Å².